The maximum absolute atomic E-state index is 14.6. The standard InChI is InChI=1S/C53H77N5O17P2/c1-6-13-45-73-43-27-39-38-22-19-34-26-36(59)23-24-51(34,4)46(38)41(60)28-52(39,5)53(43,74-45)42(61)30-72-77(68,69)75-76(66,67)71-29-33-17-20-35(21-18-33)56-48(63)40(16-12-25-55-50(54)65)57-49(64)47(32(2)3)58-44(62)31-70-37-14-10-8-7-9-11-15-37/h17-18,20-21,23-24,26,32,36-41,43,45-47,59-60H,6-10,12-14,16,19,22,25,27-31H2,1-5H3,(H,56,63)(H,57,64)(H,58,62)(H,66,67)(H,68,69)(H3,54,55,65)/t36?,37?,38-,39-,40-,41-,43+,45?,46+,47-,51-,52-,53+/m0/s1. The third-order valence-electron chi connectivity index (χ3n) is 16.3. The first-order chi connectivity index (χ1) is 36.4. The first-order valence-corrected chi connectivity index (χ1v) is 29.8. The summed E-state index contributed by atoms with van der Waals surface area (Å²) in [5, 5.41) is 32.9. The Morgan fingerprint density at radius 3 is 2.42 bits per heavy atom. The number of carbonyl (C=O) groups is 5. The Morgan fingerprint density at radius 2 is 1.70 bits per heavy atom. The van der Waals surface area contributed by atoms with Gasteiger partial charge >= 0.3 is 21.7 Å². The number of nitrogens with two attached hydrogens (primary N) is 1. The van der Waals surface area contributed by atoms with Crippen LogP contribution in [0.1, 0.15) is 124 Å². The summed E-state index contributed by atoms with van der Waals surface area (Å²) < 4.78 is 59.9. The number of primary amides is 1. The maximum Gasteiger partial charge on any atom is 0.481 e. The van der Waals surface area contributed by atoms with Gasteiger partial charge in [-0.25, -0.2) is 13.9 Å². The van der Waals surface area contributed by atoms with Crippen LogP contribution in [0.25, 0.3) is 0 Å². The molecule has 0 radical (unpaired) electrons. The van der Waals surface area contributed by atoms with Crippen LogP contribution < -0.4 is 27.0 Å². The Labute approximate surface area is 449 Å². The van der Waals surface area contributed by atoms with Gasteiger partial charge in [-0.2, -0.15) is 4.31 Å². The molecule has 1 aliphatic heterocycles. The van der Waals surface area contributed by atoms with Crippen molar-refractivity contribution in [2.75, 3.05) is 25.1 Å². The average Bonchev–Trinajstić information content (AvgIpc) is 4.00. The van der Waals surface area contributed by atoms with E-state index >= 15 is 0 Å². The molecule has 4 fully saturated rings. The van der Waals surface area contributed by atoms with E-state index in [4.69, 9.17) is 29.0 Å². The molecule has 15 atom stereocenters. The first-order valence-electron chi connectivity index (χ1n) is 26.8. The summed E-state index contributed by atoms with van der Waals surface area (Å²) in [5.41, 5.74) is 3.54. The predicted molar refractivity (Wildman–Crippen MR) is 279 cm³/mol. The van der Waals surface area contributed by atoms with Crippen LogP contribution in [0.5, 0.6) is 0 Å². The predicted octanol–water partition coefficient (Wildman–Crippen LogP) is 5.33. The number of anilines is 1. The molecular formula is C53H77N5O17P2. The molecule has 7 rings (SSSR count). The van der Waals surface area contributed by atoms with Crippen molar-refractivity contribution in [2.24, 2.45) is 40.2 Å². The second kappa shape index (κ2) is 25.4. The zero-order valence-corrected chi connectivity index (χ0v) is 46.3. The maximum atomic E-state index is 14.6. The van der Waals surface area contributed by atoms with E-state index in [1.54, 1.807) is 19.9 Å². The molecule has 77 heavy (non-hydrogen) atoms. The fourth-order valence-electron chi connectivity index (χ4n) is 12.7. The summed E-state index contributed by atoms with van der Waals surface area (Å²) in [6, 6.07) is 2.76. The number of phosphoric ester groups is 2. The number of aliphatic hydroxyl groups is 2. The molecule has 10 N–H and O–H groups in total. The van der Waals surface area contributed by atoms with Crippen LogP contribution in [-0.2, 0) is 62.5 Å². The lowest BCUT2D eigenvalue weighted by Gasteiger charge is -2.60. The summed E-state index contributed by atoms with van der Waals surface area (Å²) >= 11 is 0. The molecule has 0 bridgehead atoms. The molecule has 1 aromatic rings. The van der Waals surface area contributed by atoms with Crippen LogP contribution in [0.3, 0.4) is 0 Å². The lowest BCUT2D eigenvalue weighted by Crippen LogP contribution is -2.63. The summed E-state index contributed by atoms with van der Waals surface area (Å²) in [7, 11) is -10.8. The molecule has 3 saturated carbocycles. The van der Waals surface area contributed by atoms with Gasteiger partial charge < -0.3 is 61.2 Å². The second-order valence-electron chi connectivity index (χ2n) is 22.0. The molecule has 1 aromatic carbocycles. The van der Waals surface area contributed by atoms with Gasteiger partial charge in [0.15, 0.2) is 17.7 Å². The molecule has 5 amide bonds. The molecule has 426 valence electrons. The van der Waals surface area contributed by atoms with E-state index in [9.17, 15) is 53.1 Å². The van der Waals surface area contributed by atoms with Gasteiger partial charge in [0.05, 0.1) is 24.9 Å². The van der Waals surface area contributed by atoms with Gasteiger partial charge in [0.1, 0.15) is 31.4 Å². The van der Waals surface area contributed by atoms with E-state index in [1.165, 1.54) is 24.3 Å². The average molecular weight is 1120 g/mol. The zero-order valence-electron chi connectivity index (χ0n) is 44.5. The number of urea groups is 1. The number of Topliss-reactive ketones (excluding diaryl/α,β-unsaturated/α-hetero) is 1. The number of rotatable bonds is 24. The number of fused-ring (bicyclic) bond motifs is 7. The number of amides is 5. The minimum absolute atomic E-state index is 0.0578. The fourth-order valence-corrected chi connectivity index (χ4v) is 14.7. The molecule has 5 unspecified atom stereocenters. The first kappa shape index (κ1) is 60.3. The summed E-state index contributed by atoms with van der Waals surface area (Å²) in [5.74, 6) is 2.72. The van der Waals surface area contributed by atoms with Crippen LogP contribution in [0, 0.1) is 46.3 Å². The van der Waals surface area contributed by atoms with Gasteiger partial charge in [0.25, 0.3) is 0 Å². The Balaban J connectivity index is 0.937. The smallest absolute Gasteiger partial charge is 0.393 e. The number of hydrogen-bond acceptors (Lipinski definition) is 15. The van der Waals surface area contributed by atoms with Crippen LogP contribution in [0.4, 0.5) is 10.5 Å². The summed E-state index contributed by atoms with van der Waals surface area (Å²) in [4.78, 5) is 87.5. The van der Waals surface area contributed by atoms with Gasteiger partial charge in [-0.3, -0.25) is 28.2 Å². The number of aliphatic hydroxyl groups excluding tert-OH is 2. The normalized spacial score (nSPS) is 32.6. The summed E-state index contributed by atoms with van der Waals surface area (Å²) in [6.45, 7) is 7.47. The topological polar surface area (TPSA) is 330 Å². The van der Waals surface area contributed by atoms with Gasteiger partial charge in [0.2, 0.25) is 17.7 Å². The van der Waals surface area contributed by atoms with Crippen molar-refractivity contribution in [1.82, 2.24) is 16.0 Å². The van der Waals surface area contributed by atoms with Gasteiger partial charge in [-0.1, -0.05) is 89.3 Å². The van der Waals surface area contributed by atoms with E-state index in [-0.39, 0.29) is 67.3 Å². The monoisotopic (exact) mass is 1120 g/mol. The molecule has 0 aromatic heterocycles. The van der Waals surface area contributed by atoms with E-state index < -0.39 is 118 Å². The van der Waals surface area contributed by atoms with Crippen molar-refractivity contribution in [3.63, 3.8) is 0 Å². The Morgan fingerprint density at radius 1 is 0.961 bits per heavy atom. The fraction of sp³-hybridized carbons (Fsp3) is 0.679. The van der Waals surface area contributed by atoms with Crippen molar-refractivity contribution in [3.8, 4) is 11.8 Å². The number of carbonyl (C=O) groups excluding carboxylic acids is 5. The highest BCUT2D eigenvalue weighted by molar-refractivity contribution is 7.61. The third kappa shape index (κ3) is 14.2. The number of nitrogens with one attached hydrogen (secondary N) is 4. The molecule has 24 heteroatoms. The molecule has 22 nitrogen and oxygen atoms in total. The van der Waals surface area contributed by atoms with E-state index in [1.807, 2.05) is 26.0 Å². The van der Waals surface area contributed by atoms with Gasteiger partial charge in [-0.05, 0) is 99.7 Å². The molecular weight excluding hydrogens is 1040 g/mol. The molecule has 0 spiro atoms. The van der Waals surface area contributed by atoms with Crippen molar-refractivity contribution in [1.29, 1.82) is 0 Å². The number of ketones is 1. The number of allylic oxidation sites excluding steroid dienone is 2. The van der Waals surface area contributed by atoms with Crippen LogP contribution in [0.15, 0.2) is 48.1 Å². The Kier molecular flexibility index (Phi) is 19.9. The van der Waals surface area contributed by atoms with E-state index in [2.05, 4.69) is 44.3 Å². The SMILES string of the molecule is CCCC1O[C@@H]2C[C@H]3[C@@H]4CCC5=CC(O)C=C[C@]5(C)[C@H]4[C@@H](O)C[C@]3(C)[C@]2(C(=O)COP(=O)(O)OP(=O)(O)OCc2ccc(NC(=O)[C@H](CCCNC(N)=O)NC(=O)[C@@H](NC(=O)COC3C#CCCCCC3)C(C)C)cc2)O1. The van der Waals surface area contributed by atoms with Crippen LogP contribution in [0.2, 0.25) is 0 Å². The number of phosphoric acid groups is 2. The minimum atomic E-state index is -5.49. The van der Waals surface area contributed by atoms with Crippen LogP contribution >= 0.6 is 15.6 Å². The van der Waals surface area contributed by atoms with Gasteiger partial charge in [0, 0.05) is 35.4 Å². The van der Waals surface area contributed by atoms with Gasteiger partial charge in [-0.15, -0.1) is 5.92 Å². The van der Waals surface area contributed by atoms with Crippen molar-refractivity contribution in [3.05, 3.63) is 53.6 Å². The highest BCUT2D eigenvalue weighted by Gasteiger charge is 2.76. The van der Waals surface area contributed by atoms with Crippen LogP contribution in [-0.4, -0.2) is 118 Å². The van der Waals surface area contributed by atoms with E-state index in [0.29, 0.717) is 38.5 Å². The summed E-state index contributed by atoms with van der Waals surface area (Å²) in [6.07, 6.45) is 9.82. The molecule has 1 saturated heterocycles. The lowest BCUT2D eigenvalue weighted by atomic mass is 9.46. The Bertz CT molecular complexity index is 2550. The Hall–Kier alpha value is -4.33. The highest BCUT2D eigenvalue weighted by Crippen LogP contribution is 2.70. The molecule has 5 aliphatic carbocycles. The quantitative estimate of drug-likeness (QED) is 0.0273. The largest absolute Gasteiger partial charge is 0.481 e. The van der Waals surface area contributed by atoms with Crippen molar-refractivity contribution in [2.45, 2.75) is 173 Å². The van der Waals surface area contributed by atoms with E-state index in [0.717, 1.165) is 31.3 Å². The minimum Gasteiger partial charge on any atom is -0.393 e. The zero-order chi connectivity index (χ0) is 55.9. The number of hydrogen-bond donors (Lipinski definition) is 9. The molecule has 1 heterocycles. The third-order valence-corrected chi connectivity index (χ3v) is 18.9. The number of benzene rings is 1. The molecule has 6 aliphatic rings. The second-order valence-corrected chi connectivity index (χ2v) is 25.0. The van der Waals surface area contributed by atoms with Crippen molar-refractivity contribution < 1.29 is 80.7 Å². The lowest BCUT2D eigenvalue weighted by molar-refractivity contribution is -0.200. The highest BCUT2D eigenvalue weighted by atomic mass is 31.3. The number of ether oxygens (including phenoxy) is 3. The van der Waals surface area contributed by atoms with Crippen molar-refractivity contribution >= 4 is 50.9 Å².